The summed E-state index contributed by atoms with van der Waals surface area (Å²) in [5, 5.41) is 3.61. The number of rotatable bonds is 5. The van der Waals surface area contributed by atoms with E-state index in [1.165, 1.54) is 6.42 Å². The standard InChI is InChI=1S/C20H38N4O2/c1-7-21-18(22-17-13-15(17)3)24-11-9-16(10-12-24)14-23(8-2)19(25)26-20(4,5)6/h15-17H,7-14H2,1-6H3,(H,21,22). The smallest absolute Gasteiger partial charge is 0.410 e. The molecule has 1 saturated carbocycles. The van der Waals surface area contributed by atoms with Crippen molar-refractivity contribution in [3.63, 3.8) is 0 Å². The predicted molar refractivity (Wildman–Crippen MR) is 106 cm³/mol. The van der Waals surface area contributed by atoms with Gasteiger partial charge in [0.25, 0.3) is 0 Å². The fourth-order valence-electron chi connectivity index (χ4n) is 3.37. The largest absolute Gasteiger partial charge is 0.444 e. The van der Waals surface area contributed by atoms with Gasteiger partial charge in [-0.15, -0.1) is 0 Å². The molecule has 0 aromatic rings. The van der Waals surface area contributed by atoms with Gasteiger partial charge >= 0.3 is 6.09 Å². The Hall–Kier alpha value is -1.46. The van der Waals surface area contributed by atoms with Crippen molar-refractivity contribution in [3.05, 3.63) is 0 Å². The van der Waals surface area contributed by atoms with Crippen LogP contribution in [-0.2, 0) is 4.74 Å². The topological polar surface area (TPSA) is 57.2 Å². The molecule has 1 heterocycles. The van der Waals surface area contributed by atoms with E-state index >= 15 is 0 Å². The molecule has 1 aliphatic heterocycles. The Morgan fingerprint density at radius 2 is 1.88 bits per heavy atom. The summed E-state index contributed by atoms with van der Waals surface area (Å²) in [4.78, 5) is 21.3. The number of carbonyl (C=O) groups is 1. The number of nitrogens with zero attached hydrogens (tertiary/aromatic N) is 3. The van der Waals surface area contributed by atoms with E-state index in [2.05, 4.69) is 29.1 Å². The highest BCUT2D eigenvalue weighted by molar-refractivity contribution is 5.80. The van der Waals surface area contributed by atoms with Crippen molar-refractivity contribution in [2.75, 3.05) is 32.7 Å². The van der Waals surface area contributed by atoms with Crippen molar-refractivity contribution >= 4 is 12.1 Å². The number of nitrogens with one attached hydrogen (secondary N) is 1. The molecule has 1 saturated heterocycles. The van der Waals surface area contributed by atoms with E-state index in [1.54, 1.807) is 0 Å². The quantitative estimate of drug-likeness (QED) is 0.599. The average Bonchev–Trinajstić information content (AvgIpc) is 3.26. The average molecular weight is 367 g/mol. The van der Waals surface area contributed by atoms with Crippen molar-refractivity contribution in [3.8, 4) is 0 Å². The molecule has 0 spiro atoms. The number of guanidine groups is 1. The first-order valence-electron chi connectivity index (χ1n) is 10.3. The van der Waals surface area contributed by atoms with Crippen LogP contribution in [0.15, 0.2) is 4.99 Å². The molecule has 1 amide bonds. The van der Waals surface area contributed by atoms with Crippen LogP contribution >= 0.6 is 0 Å². The molecule has 2 fully saturated rings. The molecule has 1 aliphatic carbocycles. The monoisotopic (exact) mass is 366 g/mol. The van der Waals surface area contributed by atoms with Crippen molar-refractivity contribution in [2.45, 2.75) is 72.4 Å². The van der Waals surface area contributed by atoms with Gasteiger partial charge in [0.2, 0.25) is 0 Å². The van der Waals surface area contributed by atoms with E-state index in [0.29, 0.717) is 18.5 Å². The predicted octanol–water partition coefficient (Wildman–Crippen LogP) is 3.33. The van der Waals surface area contributed by atoms with Gasteiger partial charge in [0, 0.05) is 38.8 Å². The van der Waals surface area contributed by atoms with Crippen LogP contribution in [0.5, 0.6) is 0 Å². The second kappa shape index (κ2) is 8.96. The highest BCUT2D eigenvalue weighted by Crippen LogP contribution is 2.29. The molecule has 0 radical (unpaired) electrons. The molecule has 150 valence electrons. The third-order valence-corrected chi connectivity index (χ3v) is 5.16. The van der Waals surface area contributed by atoms with Crippen molar-refractivity contribution in [2.24, 2.45) is 16.8 Å². The minimum absolute atomic E-state index is 0.194. The van der Waals surface area contributed by atoms with E-state index in [9.17, 15) is 4.79 Å². The number of ether oxygens (including phenoxy) is 1. The Bertz CT molecular complexity index is 493. The second-order valence-corrected chi connectivity index (χ2v) is 8.71. The van der Waals surface area contributed by atoms with Crippen molar-refractivity contribution < 1.29 is 9.53 Å². The first kappa shape index (κ1) is 20.8. The van der Waals surface area contributed by atoms with Crippen LogP contribution in [-0.4, -0.2) is 66.2 Å². The SMILES string of the molecule is CCN=C(NC1CC1C)N1CCC(CN(CC)C(=O)OC(C)(C)C)CC1. The van der Waals surface area contributed by atoms with Crippen LogP contribution in [0, 0.1) is 11.8 Å². The number of piperidine rings is 1. The molecule has 0 bridgehead atoms. The Morgan fingerprint density at radius 3 is 2.35 bits per heavy atom. The van der Waals surface area contributed by atoms with Gasteiger partial charge in [0.05, 0.1) is 0 Å². The third kappa shape index (κ3) is 6.36. The van der Waals surface area contributed by atoms with Gasteiger partial charge in [-0.25, -0.2) is 4.79 Å². The molecule has 0 aromatic heterocycles. The summed E-state index contributed by atoms with van der Waals surface area (Å²) in [6, 6.07) is 0.598. The number of hydrogen-bond donors (Lipinski definition) is 1. The van der Waals surface area contributed by atoms with Gasteiger partial charge in [0.15, 0.2) is 5.96 Å². The molecule has 6 heteroatoms. The van der Waals surface area contributed by atoms with Gasteiger partial charge in [-0.3, -0.25) is 4.99 Å². The molecular weight excluding hydrogens is 328 g/mol. The highest BCUT2D eigenvalue weighted by atomic mass is 16.6. The number of likely N-dealkylation sites (tertiary alicyclic amines) is 1. The maximum atomic E-state index is 12.3. The molecule has 2 rings (SSSR count). The van der Waals surface area contributed by atoms with Crippen LogP contribution in [0.3, 0.4) is 0 Å². The zero-order chi connectivity index (χ0) is 19.3. The summed E-state index contributed by atoms with van der Waals surface area (Å²) < 4.78 is 5.53. The molecule has 2 aliphatic rings. The maximum absolute atomic E-state index is 12.3. The second-order valence-electron chi connectivity index (χ2n) is 8.71. The van der Waals surface area contributed by atoms with E-state index in [0.717, 1.165) is 50.9 Å². The number of carbonyl (C=O) groups excluding carboxylic acids is 1. The summed E-state index contributed by atoms with van der Waals surface area (Å²) in [6.07, 6.45) is 3.23. The summed E-state index contributed by atoms with van der Waals surface area (Å²) in [7, 11) is 0. The van der Waals surface area contributed by atoms with Crippen LogP contribution in [0.4, 0.5) is 4.79 Å². The summed E-state index contributed by atoms with van der Waals surface area (Å²) in [5.74, 6) is 2.36. The van der Waals surface area contributed by atoms with E-state index in [4.69, 9.17) is 4.74 Å². The van der Waals surface area contributed by atoms with Crippen LogP contribution < -0.4 is 5.32 Å². The molecule has 2 atom stereocenters. The Balaban J connectivity index is 1.82. The van der Waals surface area contributed by atoms with Gasteiger partial charge in [-0.1, -0.05) is 6.92 Å². The lowest BCUT2D eigenvalue weighted by molar-refractivity contribution is 0.0214. The third-order valence-electron chi connectivity index (χ3n) is 5.16. The van der Waals surface area contributed by atoms with Gasteiger partial charge in [0.1, 0.15) is 5.60 Å². The molecule has 0 aromatic carbocycles. The van der Waals surface area contributed by atoms with Crippen molar-refractivity contribution in [1.29, 1.82) is 0 Å². The molecule has 6 nitrogen and oxygen atoms in total. The summed E-state index contributed by atoms with van der Waals surface area (Å²) in [6.45, 7) is 16.4. The van der Waals surface area contributed by atoms with Crippen molar-refractivity contribution in [1.82, 2.24) is 15.1 Å². The number of aliphatic imine (C=N–C) groups is 1. The molecule has 26 heavy (non-hydrogen) atoms. The van der Waals surface area contributed by atoms with Crippen LogP contribution in [0.1, 0.15) is 60.8 Å². The molecular formula is C20H38N4O2. The highest BCUT2D eigenvalue weighted by Gasteiger charge is 2.35. The minimum atomic E-state index is -0.439. The summed E-state index contributed by atoms with van der Waals surface area (Å²) >= 11 is 0. The minimum Gasteiger partial charge on any atom is -0.444 e. The van der Waals surface area contributed by atoms with Gasteiger partial charge in [-0.05, 0) is 65.7 Å². The number of hydrogen-bond acceptors (Lipinski definition) is 3. The normalized spacial score (nSPS) is 24.4. The Kier molecular flexibility index (Phi) is 7.18. The first-order chi connectivity index (χ1) is 12.2. The fourth-order valence-corrected chi connectivity index (χ4v) is 3.37. The number of amides is 1. The van der Waals surface area contributed by atoms with Crippen LogP contribution in [0.2, 0.25) is 0 Å². The summed E-state index contributed by atoms with van der Waals surface area (Å²) in [5.41, 5.74) is -0.439. The lowest BCUT2D eigenvalue weighted by atomic mass is 9.96. The molecule has 2 unspecified atom stereocenters. The zero-order valence-corrected chi connectivity index (χ0v) is 17.5. The lowest BCUT2D eigenvalue weighted by Crippen LogP contribution is -2.48. The fraction of sp³-hybridized carbons (Fsp3) is 0.900. The molecule has 1 N–H and O–H groups in total. The van der Waals surface area contributed by atoms with Gasteiger partial charge < -0.3 is 19.9 Å². The van der Waals surface area contributed by atoms with E-state index in [1.807, 2.05) is 32.6 Å². The first-order valence-corrected chi connectivity index (χ1v) is 10.3. The van der Waals surface area contributed by atoms with E-state index in [-0.39, 0.29) is 6.09 Å². The Labute approximate surface area is 159 Å². The Morgan fingerprint density at radius 1 is 1.27 bits per heavy atom. The zero-order valence-electron chi connectivity index (χ0n) is 17.5. The maximum Gasteiger partial charge on any atom is 0.410 e. The van der Waals surface area contributed by atoms with Gasteiger partial charge in [-0.2, -0.15) is 0 Å². The van der Waals surface area contributed by atoms with E-state index < -0.39 is 5.60 Å². The lowest BCUT2D eigenvalue weighted by Gasteiger charge is -2.36. The van der Waals surface area contributed by atoms with Crippen LogP contribution in [0.25, 0.3) is 0 Å².